The van der Waals surface area contributed by atoms with E-state index in [1.165, 1.54) is 0 Å². The number of likely N-dealkylation sites (tertiary alicyclic amines) is 1. The SMILES string of the molecule is CCC(CC(=O)O)NC(=O)NC(C)C(=O)N1CCCCC1. The number of hydrogen-bond acceptors (Lipinski definition) is 3. The molecular weight excluding hydrogens is 274 g/mol. The Balaban J connectivity index is 2.41. The molecule has 2 atom stereocenters. The van der Waals surface area contributed by atoms with Gasteiger partial charge in [-0.15, -0.1) is 0 Å². The van der Waals surface area contributed by atoms with Crippen LogP contribution in [0.15, 0.2) is 0 Å². The van der Waals surface area contributed by atoms with Crippen molar-refractivity contribution in [3.63, 3.8) is 0 Å². The van der Waals surface area contributed by atoms with Crippen molar-refractivity contribution in [1.29, 1.82) is 0 Å². The van der Waals surface area contributed by atoms with Gasteiger partial charge in [0.1, 0.15) is 6.04 Å². The van der Waals surface area contributed by atoms with Crippen molar-refractivity contribution in [2.24, 2.45) is 0 Å². The van der Waals surface area contributed by atoms with E-state index in [4.69, 9.17) is 5.11 Å². The molecule has 21 heavy (non-hydrogen) atoms. The Hall–Kier alpha value is -1.79. The molecule has 120 valence electrons. The van der Waals surface area contributed by atoms with Gasteiger partial charge in [0.2, 0.25) is 5.91 Å². The van der Waals surface area contributed by atoms with Crippen LogP contribution >= 0.6 is 0 Å². The number of carboxylic acids is 1. The van der Waals surface area contributed by atoms with E-state index < -0.39 is 24.1 Å². The van der Waals surface area contributed by atoms with Gasteiger partial charge in [0.25, 0.3) is 0 Å². The van der Waals surface area contributed by atoms with Crippen LogP contribution in [0.1, 0.15) is 46.0 Å². The van der Waals surface area contributed by atoms with E-state index in [2.05, 4.69) is 10.6 Å². The van der Waals surface area contributed by atoms with Gasteiger partial charge < -0.3 is 20.6 Å². The van der Waals surface area contributed by atoms with Gasteiger partial charge in [-0.25, -0.2) is 4.79 Å². The van der Waals surface area contributed by atoms with Crippen molar-refractivity contribution in [2.75, 3.05) is 13.1 Å². The molecule has 7 heteroatoms. The first kappa shape index (κ1) is 17.3. The minimum atomic E-state index is -0.959. The van der Waals surface area contributed by atoms with Crippen molar-refractivity contribution in [3.8, 4) is 0 Å². The standard InChI is InChI=1S/C14H25N3O4/c1-3-11(9-12(18)19)16-14(21)15-10(2)13(20)17-7-5-4-6-8-17/h10-11H,3-9H2,1-2H3,(H,18,19)(H2,15,16,21). The predicted octanol–water partition coefficient (Wildman–Crippen LogP) is 0.940. The normalized spacial score (nSPS) is 17.7. The molecule has 1 rings (SSSR count). The van der Waals surface area contributed by atoms with Gasteiger partial charge in [-0.2, -0.15) is 0 Å². The fourth-order valence-corrected chi connectivity index (χ4v) is 2.38. The molecule has 0 aromatic carbocycles. The van der Waals surface area contributed by atoms with Gasteiger partial charge in [0.05, 0.1) is 6.42 Å². The number of aliphatic carboxylic acids is 1. The summed E-state index contributed by atoms with van der Waals surface area (Å²) in [7, 11) is 0. The highest BCUT2D eigenvalue weighted by molar-refractivity contribution is 5.87. The van der Waals surface area contributed by atoms with Gasteiger partial charge in [-0.1, -0.05) is 6.92 Å². The molecule has 3 amide bonds. The number of nitrogens with one attached hydrogen (secondary N) is 2. The summed E-state index contributed by atoms with van der Waals surface area (Å²) in [5.74, 6) is -1.05. The van der Waals surface area contributed by atoms with Crippen LogP contribution in [-0.4, -0.2) is 53.1 Å². The fourth-order valence-electron chi connectivity index (χ4n) is 2.38. The zero-order chi connectivity index (χ0) is 15.8. The average Bonchev–Trinajstić information content (AvgIpc) is 2.45. The first-order valence-corrected chi connectivity index (χ1v) is 7.51. The summed E-state index contributed by atoms with van der Waals surface area (Å²) in [5.41, 5.74) is 0. The number of nitrogens with zero attached hydrogens (tertiary/aromatic N) is 1. The van der Waals surface area contributed by atoms with Crippen LogP contribution < -0.4 is 10.6 Å². The lowest BCUT2D eigenvalue weighted by atomic mass is 10.1. The Bertz CT molecular complexity index is 380. The van der Waals surface area contributed by atoms with Crippen LogP contribution in [0.25, 0.3) is 0 Å². The summed E-state index contributed by atoms with van der Waals surface area (Å²) >= 11 is 0. The van der Waals surface area contributed by atoms with E-state index in [0.29, 0.717) is 6.42 Å². The third-order valence-electron chi connectivity index (χ3n) is 3.63. The summed E-state index contributed by atoms with van der Waals surface area (Å²) < 4.78 is 0. The maximum atomic E-state index is 12.2. The third kappa shape index (κ3) is 6.01. The van der Waals surface area contributed by atoms with Gasteiger partial charge in [0, 0.05) is 19.1 Å². The summed E-state index contributed by atoms with van der Waals surface area (Å²) in [5, 5.41) is 13.9. The van der Waals surface area contributed by atoms with Crippen molar-refractivity contribution >= 4 is 17.9 Å². The van der Waals surface area contributed by atoms with Crippen molar-refractivity contribution in [1.82, 2.24) is 15.5 Å². The number of piperidine rings is 1. The molecule has 1 aliphatic rings. The molecule has 0 spiro atoms. The fraction of sp³-hybridized carbons (Fsp3) is 0.786. The second-order valence-electron chi connectivity index (χ2n) is 5.43. The van der Waals surface area contributed by atoms with Crippen LogP contribution in [0.2, 0.25) is 0 Å². The molecule has 1 aliphatic heterocycles. The van der Waals surface area contributed by atoms with Gasteiger partial charge >= 0.3 is 12.0 Å². The molecule has 0 aromatic rings. The topological polar surface area (TPSA) is 98.7 Å². The third-order valence-corrected chi connectivity index (χ3v) is 3.63. The van der Waals surface area contributed by atoms with Gasteiger partial charge in [-0.3, -0.25) is 9.59 Å². The number of rotatable bonds is 6. The predicted molar refractivity (Wildman–Crippen MR) is 77.9 cm³/mol. The minimum absolute atomic E-state index is 0.0869. The molecular formula is C14H25N3O4. The summed E-state index contributed by atoms with van der Waals surface area (Å²) in [6.45, 7) is 4.93. The van der Waals surface area contributed by atoms with E-state index >= 15 is 0 Å². The number of carbonyl (C=O) groups is 3. The Morgan fingerprint density at radius 1 is 1.14 bits per heavy atom. The quantitative estimate of drug-likeness (QED) is 0.679. The van der Waals surface area contributed by atoms with Crippen molar-refractivity contribution < 1.29 is 19.5 Å². The Morgan fingerprint density at radius 2 is 1.76 bits per heavy atom. The first-order chi connectivity index (χ1) is 9.93. The molecule has 0 bridgehead atoms. The number of urea groups is 1. The molecule has 1 fully saturated rings. The first-order valence-electron chi connectivity index (χ1n) is 7.51. The van der Waals surface area contributed by atoms with Crippen molar-refractivity contribution in [2.45, 2.75) is 58.0 Å². The minimum Gasteiger partial charge on any atom is -0.481 e. The largest absolute Gasteiger partial charge is 0.481 e. The van der Waals surface area contributed by atoms with Gasteiger partial charge in [0.15, 0.2) is 0 Å². The van der Waals surface area contributed by atoms with Crippen LogP contribution in [0.4, 0.5) is 4.79 Å². The highest BCUT2D eigenvalue weighted by Gasteiger charge is 2.24. The lowest BCUT2D eigenvalue weighted by Crippen LogP contribution is -2.52. The summed E-state index contributed by atoms with van der Waals surface area (Å²) in [4.78, 5) is 36.4. The van der Waals surface area contributed by atoms with Crippen LogP contribution in [0.3, 0.4) is 0 Å². The van der Waals surface area contributed by atoms with Crippen LogP contribution in [0, 0.1) is 0 Å². The lowest BCUT2D eigenvalue weighted by Gasteiger charge is -2.29. The second kappa shape index (κ2) is 8.49. The number of hydrogen-bond donors (Lipinski definition) is 3. The molecule has 2 unspecified atom stereocenters. The Morgan fingerprint density at radius 3 is 2.29 bits per heavy atom. The van der Waals surface area contributed by atoms with Crippen molar-refractivity contribution in [3.05, 3.63) is 0 Å². The average molecular weight is 299 g/mol. The van der Waals surface area contributed by atoms with Gasteiger partial charge in [-0.05, 0) is 32.6 Å². The molecule has 0 radical (unpaired) electrons. The monoisotopic (exact) mass is 299 g/mol. The number of carboxylic acid groups (broad SMARTS) is 1. The maximum absolute atomic E-state index is 12.2. The van der Waals surface area contributed by atoms with E-state index in [1.807, 2.05) is 0 Å². The Labute approximate surface area is 125 Å². The summed E-state index contributed by atoms with van der Waals surface area (Å²) in [6, 6.07) is -1.54. The number of amides is 3. The number of carbonyl (C=O) groups excluding carboxylic acids is 2. The molecule has 1 saturated heterocycles. The Kier molecular flexibility index (Phi) is 6.98. The molecule has 1 heterocycles. The highest BCUT2D eigenvalue weighted by atomic mass is 16.4. The smallest absolute Gasteiger partial charge is 0.315 e. The second-order valence-corrected chi connectivity index (χ2v) is 5.43. The van der Waals surface area contributed by atoms with Crippen LogP contribution in [0.5, 0.6) is 0 Å². The zero-order valence-electron chi connectivity index (χ0n) is 12.7. The lowest BCUT2D eigenvalue weighted by molar-refractivity contribution is -0.137. The van der Waals surface area contributed by atoms with E-state index in [9.17, 15) is 14.4 Å². The molecule has 0 aliphatic carbocycles. The zero-order valence-corrected chi connectivity index (χ0v) is 12.7. The molecule has 7 nitrogen and oxygen atoms in total. The summed E-state index contributed by atoms with van der Waals surface area (Å²) in [6.07, 6.45) is 3.54. The molecule has 0 saturated carbocycles. The van der Waals surface area contributed by atoms with E-state index in [0.717, 1.165) is 32.4 Å². The molecule has 3 N–H and O–H groups in total. The van der Waals surface area contributed by atoms with Crippen LogP contribution in [-0.2, 0) is 9.59 Å². The molecule has 0 aromatic heterocycles. The highest BCUT2D eigenvalue weighted by Crippen LogP contribution is 2.09. The van der Waals surface area contributed by atoms with E-state index in [1.54, 1.807) is 18.7 Å². The maximum Gasteiger partial charge on any atom is 0.315 e. The van der Waals surface area contributed by atoms with E-state index in [-0.39, 0.29) is 12.3 Å².